The molecule has 0 heterocycles. The van der Waals surface area contributed by atoms with Gasteiger partial charge in [-0.05, 0) is 39.5 Å². The minimum Gasteiger partial charge on any atom is -0.479 e. The number of rotatable bonds is 2. The molecule has 0 unspecified atom stereocenters. The molecule has 0 aromatic heterocycles. The monoisotopic (exact) mass is 243 g/mol. The molecular weight excluding hydrogens is 222 g/mol. The highest BCUT2D eigenvalue weighted by atomic mass is 16.6. The van der Waals surface area contributed by atoms with Crippen molar-refractivity contribution in [1.29, 1.82) is 0 Å². The Bertz CT molecular complexity index is 326. The topological polar surface area (TPSA) is 66.8 Å². The molecule has 0 aromatic rings. The van der Waals surface area contributed by atoms with Crippen LogP contribution in [0.4, 0.5) is 4.79 Å². The highest BCUT2D eigenvalue weighted by Crippen LogP contribution is 2.42. The van der Waals surface area contributed by atoms with Crippen molar-refractivity contribution < 1.29 is 19.4 Å². The van der Waals surface area contributed by atoms with E-state index in [4.69, 9.17) is 4.74 Å². The summed E-state index contributed by atoms with van der Waals surface area (Å²) in [5.74, 6) is -0.625. The zero-order chi connectivity index (χ0) is 13.4. The van der Waals surface area contributed by atoms with Gasteiger partial charge in [0.2, 0.25) is 0 Å². The quantitative estimate of drug-likeness (QED) is 0.806. The molecule has 5 heteroatoms. The Morgan fingerprint density at radius 3 is 2.12 bits per heavy atom. The second-order valence-electron chi connectivity index (χ2n) is 5.89. The number of aliphatic carboxylic acids is 1. The fourth-order valence-corrected chi connectivity index (χ4v) is 2.19. The van der Waals surface area contributed by atoms with Gasteiger partial charge in [-0.3, -0.25) is 4.90 Å². The van der Waals surface area contributed by atoms with E-state index in [1.807, 2.05) is 6.92 Å². The van der Waals surface area contributed by atoms with Crippen LogP contribution in [0.3, 0.4) is 0 Å². The lowest BCUT2D eigenvalue weighted by Crippen LogP contribution is -2.62. The van der Waals surface area contributed by atoms with Gasteiger partial charge in [0, 0.05) is 7.05 Å². The van der Waals surface area contributed by atoms with Crippen molar-refractivity contribution >= 4 is 12.1 Å². The van der Waals surface area contributed by atoms with Gasteiger partial charge in [0.15, 0.2) is 0 Å². The number of hydrogen-bond acceptors (Lipinski definition) is 3. The van der Waals surface area contributed by atoms with Crippen LogP contribution in [0.15, 0.2) is 0 Å². The van der Waals surface area contributed by atoms with Gasteiger partial charge in [0.1, 0.15) is 11.1 Å². The summed E-state index contributed by atoms with van der Waals surface area (Å²) in [7, 11) is 1.49. The molecule has 17 heavy (non-hydrogen) atoms. The van der Waals surface area contributed by atoms with Gasteiger partial charge in [0.25, 0.3) is 0 Å². The Morgan fingerprint density at radius 1 is 1.35 bits per heavy atom. The van der Waals surface area contributed by atoms with Gasteiger partial charge in [0.05, 0.1) is 0 Å². The third kappa shape index (κ3) is 2.70. The third-order valence-electron chi connectivity index (χ3n) is 3.08. The molecule has 1 aliphatic rings. The van der Waals surface area contributed by atoms with Gasteiger partial charge >= 0.3 is 12.1 Å². The number of carbonyl (C=O) groups excluding carboxylic acids is 1. The molecule has 1 aliphatic carbocycles. The van der Waals surface area contributed by atoms with Crippen molar-refractivity contribution in [3.8, 4) is 0 Å². The van der Waals surface area contributed by atoms with Crippen molar-refractivity contribution in [3.05, 3.63) is 0 Å². The zero-order valence-corrected chi connectivity index (χ0v) is 11.1. The van der Waals surface area contributed by atoms with Gasteiger partial charge in [-0.1, -0.05) is 6.92 Å². The number of carbonyl (C=O) groups is 2. The highest BCUT2D eigenvalue weighted by Gasteiger charge is 2.54. The summed E-state index contributed by atoms with van der Waals surface area (Å²) >= 11 is 0. The van der Waals surface area contributed by atoms with Crippen LogP contribution in [0, 0.1) is 5.92 Å². The summed E-state index contributed by atoms with van der Waals surface area (Å²) in [6.07, 6.45) is 0.391. The number of carboxylic acid groups (broad SMARTS) is 1. The summed E-state index contributed by atoms with van der Waals surface area (Å²) in [5.41, 5.74) is -1.69. The standard InChI is InChI=1S/C12H21NO4/c1-8-6-12(7-8,9(14)15)13(5)10(16)17-11(2,3)4/h8H,6-7H2,1-5H3,(H,14,15). The molecule has 0 aromatic carbocycles. The first-order valence-electron chi connectivity index (χ1n) is 5.79. The highest BCUT2D eigenvalue weighted by molar-refractivity contribution is 5.85. The number of likely N-dealkylation sites (N-methyl/N-ethyl adjacent to an activating group) is 1. The van der Waals surface area contributed by atoms with E-state index in [2.05, 4.69) is 0 Å². The van der Waals surface area contributed by atoms with Crippen LogP contribution in [0.25, 0.3) is 0 Å². The van der Waals surface area contributed by atoms with Crippen LogP contribution in [-0.2, 0) is 9.53 Å². The Morgan fingerprint density at radius 2 is 1.82 bits per heavy atom. The predicted octanol–water partition coefficient (Wildman–Crippen LogP) is 2.11. The number of nitrogens with zero attached hydrogens (tertiary/aromatic N) is 1. The van der Waals surface area contributed by atoms with Crippen LogP contribution in [0.5, 0.6) is 0 Å². The average molecular weight is 243 g/mol. The van der Waals surface area contributed by atoms with Crippen LogP contribution in [0.1, 0.15) is 40.5 Å². The normalized spacial score (nSPS) is 28.2. The molecule has 0 atom stereocenters. The van der Waals surface area contributed by atoms with Crippen molar-refractivity contribution in [2.75, 3.05) is 7.05 Å². The summed E-state index contributed by atoms with van der Waals surface area (Å²) in [6.45, 7) is 7.25. The largest absolute Gasteiger partial charge is 0.479 e. The molecule has 0 bridgehead atoms. The molecular formula is C12H21NO4. The Hall–Kier alpha value is -1.26. The Kier molecular flexibility index (Phi) is 3.41. The van der Waals surface area contributed by atoms with Crippen molar-refractivity contribution in [3.63, 3.8) is 0 Å². The third-order valence-corrected chi connectivity index (χ3v) is 3.08. The van der Waals surface area contributed by atoms with E-state index in [0.717, 1.165) is 0 Å². The second-order valence-corrected chi connectivity index (χ2v) is 5.89. The van der Waals surface area contributed by atoms with E-state index >= 15 is 0 Å². The average Bonchev–Trinajstić information content (AvgIpc) is 2.07. The number of carboxylic acids is 1. The fourth-order valence-electron chi connectivity index (χ4n) is 2.19. The van der Waals surface area contributed by atoms with Gasteiger partial charge in [-0.25, -0.2) is 9.59 Å². The molecule has 0 spiro atoms. The van der Waals surface area contributed by atoms with Crippen molar-refractivity contribution in [2.24, 2.45) is 5.92 Å². The van der Waals surface area contributed by atoms with E-state index in [0.29, 0.717) is 18.8 Å². The van der Waals surface area contributed by atoms with Crippen LogP contribution < -0.4 is 0 Å². The lowest BCUT2D eigenvalue weighted by molar-refractivity contribution is -0.159. The molecule has 5 nitrogen and oxygen atoms in total. The Labute approximate surface area is 102 Å². The summed E-state index contributed by atoms with van der Waals surface area (Å²) in [4.78, 5) is 24.4. The first-order chi connectivity index (χ1) is 7.58. The van der Waals surface area contributed by atoms with E-state index in [-0.39, 0.29) is 0 Å². The number of amides is 1. The number of ether oxygens (including phenoxy) is 1. The molecule has 1 saturated carbocycles. The van der Waals surface area contributed by atoms with E-state index in [1.165, 1.54) is 11.9 Å². The SMILES string of the molecule is CC1CC(C(=O)O)(N(C)C(=O)OC(C)(C)C)C1. The lowest BCUT2D eigenvalue weighted by atomic mass is 9.68. The second kappa shape index (κ2) is 4.20. The molecule has 0 aliphatic heterocycles. The molecule has 1 N–H and O–H groups in total. The Balaban J connectivity index is 2.77. The molecule has 1 rings (SSSR count). The molecule has 98 valence electrons. The maximum atomic E-state index is 11.8. The minimum absolute atomic E-state index is 0.330. The molecule has 0 saturated heterocycles. The fraction of sp³-hybridized carbons (Fsp3) is 0.833. The van der Waals surface area contributed by atoms with Crippen LogP contribution >= 0.6 is 0 Å². The molecule has 1 amide bonds. The van der Waals surface area contributed by atoms with Crippen LogP contribution in [-0.4, -0.2) is 40.3 Å². The zero-order valence-electron chi connectivity index (χ0n) is 11.1. The lowest BCUT2D eigenvalue weighted by Gasteiger charge is -2.48. The van der Waals surface area contributed by atoms with Gasteiger partial charge in [-0.15, -0.1) is 0 Å². The summed E-state index contributed by atoms with van der Waals surface area (Å²) in [5, 5.41) is 9.27. The summed E-state index contributed by atoms with van der Waals surface area (Å²) in [6, 6.07) is 0. The van der Waals surface area contributed by atoms with Gasteiger partial charge in [-0.2, -0.15) is 0 Å². The number of hydrogen-bond donors (Lipinski definition) is 1. The van der Waals surface area contributed by atoms with E-state index in [9.17, 15) is 14.7 Å². The molecule has 1 fully saturated rings. The maximum absolute atomic E-state index is 11.8. The van der Waals surface area contributed by atoms with Crippen molar-refractivity contribution in [1.82, 2.24) is 4.90 Å². The van der Waals surface area contributed by atoms with Gasteiger partial charge < -0.3 is 9.84 Å². The molecule has 0 radical (unpaired) electrons. The van der Waals surface area contributed by atoms with E-state index in [1.54, 1.807) is 20.8 Å². The predicted molar refractivity (Wildman–Crippen MR) is 62.8 cm³/mol. The summed E-state index contributed by atoms with van der Waals surface area (Å²) < 4.78 is 5.19. The van der Waals surface area contributed by atoms with E-state index < -0.39 is 23.2 Å². The van der Waals surface area contributed by atoms with Crippen LogP contribution in [0.2, 0.25) is 0 Å². The minimum atomic E-state index is -1.08. The van der Waals surface area contributed by atoms with Crippen molar-refractivity contribution in [2.45, 2.75) is 51.7 Å². The first kappa shape index (κ1) is 13.8. The first-order valence-corrected chi connectivity index (χ1v) is 5.79. The smallest absolute Gasteiger partial charge is 0.410 e. The maximum Gasteiger partial charge on any atom is 0.410 e.